The van der Waals surface area contributed by atoms with E-state index >= 15 is 0 Å². The van der Waals surface area contributed by atoms with Crippen molar-refractivity contribution >= 4 is 29.9 Å². The van der Waals surface area contributed by atoms with E-state index in [1.54, 1.807) is 7.11 Å². The van der Waals surface area contributed by atoms with E-state index in [1.807, 2.05) is 6.07 Å². The van der Waals surface area contributed by atoms with Crippen LogP contribution in [0, 0.1) is 0 Å². The van der Waals surface area contributed by atoms with Crippen molar-refractivity contribution in [1.82, 2.24) is 15.1 Å². The van der Waals surface area contributed by atoms with Crippen molar-refractivity contribution in [3.8, 4) is 5.75 Å². The van der Waals surface area contributed by atoms with Gasteiger partial charge in [0.05, 0.1) is 26.9 Å². The van der Waals surface area contributed by atoms with Crippen LogP contribution in [0.1, 0.15) is 44.6 Å². The molecule has 1 aromatic rings. The maximum Gasteiger partial charge on any atom is 0.193 e. The highest BCUT2D eigenvalue weighted by atomic mass is 127. The molecule has 2 aliphatic heterocycles. The van der Waals surface area contributed by atoms with Gasteiger partial charge in [0, 0.05) is 44.2 Å². The van der Waals surface area contributed by atoms with Crippen LogP contribution in [0.4, 0.5) is 0 Å². The van der Waals surface area contributed by atoms with Crippen LogP contribution in [0.5, 0.6) is 5.75 Å². The number of aliphatic imine (C=N–C) groups is 1. The third-order valence-electron chi connectivity index (χ3n) is 7.13. The van der Waals surface area contributed by atoms with Gasteiger partial charge in [-0.2, -0.15) is 0 Å². The number of nitrogens with zero attached hydrogens (tertiary/aromatic N) is 3. The second-order valence-corrected chi connectivity index (χ2v) is 8.93. The molecule has 0 aromatic heterocycles. The zero-order chi connectivity index (χ0) is 20.8. The molecule has 1 N–H and O–H groups in total. The van der Waals surface area contributed by atoms with Crippen LogP contribution in [-0.2, 0) is 10.2 Å². The monoisotopic (exact) mass is 542 g/mol. The third-order valence-corrected chi connectivity index (χ3v) is 7.13. The summed E-state index contributed by atoms with van der Waals surface area (Å²) in [6.45, 7) is 9.93. The van der Waals surface area contributed by atoms with Crippen LogP contribution in [0.3, 0.4) is 0 Å². The minimum absolute atomic E-state index is 0. The molecule has 1 aliphatic carbocycles. The summed E-state index contributed by atoms with van der Waals surface area (Å²) in [6.07, 6.45) is 6.20. The van der Waals surface area contributed by atoms with Gasteiger partial charge in [0.2, 0.25) is 0 Å². The summed E-state index contributed by atoms with van der Waals surface area (Å²) >= 11 is 0. The first-order valence-electron chi connectivity index (χ1n) is 11.7. The molecule has 0 spiro atoms. The van der Waals surface area contributed by atoms with Crippen molar-refractivity contribution in [1.29, 1.82) is 0 Å². The Labute approximate surface area is 204 Å². The van der Waals surface area contributed by atoms with Crippen molar-refractivity contribution in [2.75, 3.05) is 59.6 Å². The summed E-state index contributed by atoms with van der Waals surface area (Å²) < 4.78 is 11.0. The van der Waals surface area contributed by atoms with E-state index in [4.69, 9.17) is 14.5 Å². The molecule has 1 unspecified atom stereocenters. The van der Waals surface area contributed by atoms with Gasteiger partial charge in [-0.05, 0) is 43.9 Å². The topological polar surface area (TPSA) is 49.3 Å². The maximum atomic E-state index is 5.54. The molecule has 7 heteroatoms. The molecule has 1 atom stereocenters. The van der Waals surface area contributed by atoms with Crippen LogP contribution in [0.15, 0.2) is 29.3 Å². The molecule has 0 bridgehead atoms. The number of hydrogen-bond acceptors (Lipinski definition) is 4. The number of methoxy groups -OCH3 is 1. The summed E-state index contributed by atoms with van der Waals surface area (Å²) in [5.74, 6) is 2.03. The van der Waals surface area contributed by atoms with Crippen LogP contribution in [0.25, 0.3) is 0 Å². The van der Waals surface area contributed by atoms with Crippen molar-refractivity contribution in [2.24, 2.45) is 4.99 Å². The number of halogens is 1. The fourth-order valence-corrected chi connectivity index (χ4v) is 5.37. The number of nitrogens with one attached hydrogen (secondary N) is 1. The van der Waals surface area contributed by atoms with Gasteiger partial charge < -0.3 is 19.7 Å². The van der Waals surface area contributed by atoms with Crippen LogP contribution in [0.2, 0.25) is 0 Å². The molecule has 0 amide bonds. The Kier molecular flexibility index (Phi) is 9.28. The number of rotatable bonds is 6. The lowest BCUT2D eigenvalue weighted by atomic mass is 9.79. The quantitative estimate of drug-likeness (QED) is 0.339. The van der Waals surface area contributed by atoms with E-state index in [1.165, 1.54) is 37.7 Å². The van der Waals surface area contributed by atoms with E-state index in [0.717, 1.165) is 64.2 Å². The molecule has 31 heavy (non-hydrogen) atoms. The smallest absolute Gasteiger partial charge is 0.193 e. The van der Waals surface area contributed by atoms with E-state index in [0.29, 0.717) is 6.04 Å². The minimum atomic E-state index is 0. The Morgan fingerprint density at radius 3 is 2.71 bits per heavy atom. The molecular formula is C24H39IN4O2. The molecular weight excluding hydrogens is 503 g/mol. The zero-order valence-electron chi connectivity index (χ0n) is 19.1. The van der Waals surface area contributed by atoms with Crippen LogP contribution < -0.4 is 10.1 Å². The van der Waals surface area contributed by atoms with Gasteiger partial charge >= 0.3 is 0 Å². The molecule has 3 fully saturated rings. The lowest BCUT2D eigenvalue weighted by molar-refractivity contribution is 0.0195. The van der Waals surface area contributed by atoms with Gasteiger partial charge in [0.15, 0.2) is 5.96 Å². The van der Waals surface area contributed by atoms with Crippen molar-refractivity contribution in [2.45, 2.75) is 50.5 Å². The molecule has 0 radical (unpaired) electrons. The Hall–Kier alpha value is -1.06. The first-order chi connectivity index (χ1) is 14.7. The molecule has 2 heterocycles. The first-order valence-corrected chi connectivity index (χ1v) is 11.7. The van der Waals surface area contributed by atoms with Crippen LogP contribution >= 0.6 is 24.0 Å². The number of morpholine rings is 1. The fraction of sp³-hybridized carbons (Fsp3) is 0.708. The number of likely N-dealkylation sites (tertiary alicyclic amines) is 1. The second-order valence-electron chi connectivity index (χ2n) is 8.93. The summed E-state index contributed by atoms with van der Waals surface area (Å²) in [5, 5.41) is 3.57. The first kappa shape index (κ1) is 24.6. The highest BCUT2D eigenvalue weighted by Gasteiger charge is 2.36. The molecule has 1 saturated carbocycles. The summed E-state index contributed by atoms with van der Waals surface area (Å²) in [4.78, 5) is 10.3. The molecule has 2 saturated heterocycles. The highest BCUT2D eigenvalue weighted by Crippen LogP contribution is 2.42. The Bertz CT molecular complexity index is 717. The Balaban J connectivity index is 0.00000272. The van der Waals surface area contributed by atoms with Gasteiger partial charge in [-0.25, -0.2) is 0 Å². The molecule has 3 aliphatic rings. The van der Waals surface area contributed by atoms with E-state index in [2.05, 4.69) is 40.2 Å². The molecule has 4 rings (SSSR count). The number of hydrogen-bond donors (Lipinski definition) is 1. The van der Waals surface area contributed by atoms with E-state index in [9.17, 15) is 0 Å². The van der Waals surface area contributed by atoms with Gasteiger partial charge in [0.25, 0.3) is 0 Å². The zero-order valence-corrected chi connectivity index (χ0v) is 21.5. The van der Waals surface area contributed by atoms with Gasteiger partial charge in [-0.15, -0.1) is 24.0 Å². The molecule has 1 aromatic carbocycles. The summed E-state index contributed by atoms with van der Waals surface area (Å²) in [6, 6.07) is 9.27. The van der Waals surface area contributed by atoms with Gasteiger partial charge in [-0.3, -0.25) is 9.89 Å². The van der Waals surface area contributed by atoms with Crippen molar-refractivity contribution in [3.63, 3.8) is 0 Å². The fourth-order valence-electron chi connectivity index (χ4n) is 5.37. The van der Waals surface area contributed by atoms with Crippen LogP contribution in [-0.4, -0.2) is 81.4 Å². The van der Waals surface area contributed by atoms with Gasteiger partial charge in [0.1, 0.15) is 5.75 Å². The minimum Gasteiger partial charge on any atom is -0.497 e. The number of ether oxygens (including phenoxy) is 2. The maximum absolute atomic E-state index is 5.54. The highest BCUT2D eigenvalue weighted by molar-refractivity contribution is 14.0. The molecule has 6 nitrogen and oxygen atoms in total. The van der Waals surface area contributed by atoms with Crippen molar-refractivity contribution < 1.29 is 9.47 Å². The predicted molar refractivity (Wildman–Crippen MR) is 137 cm³/mol. The third kappa shape index (κ3) is 5.85. The SMILES string of the molecule is CCNC(=NCC1(c2cccc(OC)c2)CCCC1)N1CCC(N2CCOCC2)C1.I. The second kappa shape index (κ2) is 11.7. The number of guanidine groups is 1. The predicted octanol–water partition coefficient (Wildman–Crippen LogP) is 3.50. The largest absolute Gasteiger partial charge is 0.497 e. The van der Waals surface area contributed by atoms with E-state index < -0.39 is 0 Å². The summed E-state index contributed by atoms with van der Waals surface area (Å²) in [5.41, 5.74) is 1.52. The summed E-state index contributed by atoms with van der Waals surface area (Å²) in [7, 11) is 1.75. The molecule has 174 valence electrons. The standard InChI is InChI=1S/C24H38N4O2.HI/c1-3-25-23(28-12-9-21(18-28)27-13-15-30-16-14-27)26-19-24(10-4-5-11-24)20-7-6-8-22(17-20)29-2;/h6-8,17,21H,3-5,9-16,18-19H2,1-2H3,(H,25,26);1H. The van der Waals surface area contributed by atoms with Crippen molar-refractivity contribution in [3.05, 3.63) is 29.8 Å². The van der Waals surface area contributed by atoms with Gasteiger partial charge in [-0.1, -0.05) is 25.0 Å². The lowest BCUT2D eigenvalue weighted by Crippen LogP contribution is -2.47. The Morgan fingerprint density at radius 1 is 1.23 bits per heavy atom. The average Bonchev–Trinajstić information content (AvgIpc) is 3.48. The van der Waals surface area contributed by atoms with E-state index in [-0.39, 0.29) is 29.4 Å². The number of benzene rings is 1. The lowest BCUT2D eigenvalue weighted by Gasteiger charge is -2.32. The Morgan fingerprint density at radius 2 is 2.00 bits per heavy atom. The normalized spacial score (nSPS) is 24.1. The average molecular weight is 543 g/mol.